The van der Waals surface area contributed by atoms with E-state index in [1.165, 1.54) is 0 Å². The van der Waals surface area contributed by atoms with Crippen molar-refractivity contribution < 1.29 is 13.9 Å². The summed E-state index contributed by atoms with van der Waals surface area (Å²) in [4.78, 5) is 11.4. The van der Waals surface area contributed by atoms with E-state index in [0.29, 0.717) is 31.6 Å². The van der Waals surface area contributed by atoms with E-state index < -0.39 is 0 Å². The second-order valence-corrected chi connectivity index (χ2v) is 6.09. The highest BCUT2D eigenvalue weighted by atomic mass is 16.5. The van der Waals surface area contributed by atoms with Crippen LogP contribution in [0.1, 0.15) is 30.7 Å². The Labute approximate surface area is 144 Å². The van der Waals surface area contributed by atoms with Crippen LogP contribution in [0.15, 0.2) is 9.41 Å². The Morgan fingerprint density at radius 2 is 2.25 bits per heavy atom. The fourth-order valence-corrected chi connectivity index (χ4v) is 2.73. The van der Waals surface area contributed by atoms with Crippen LogP contribution in [0.25, 0.3) is 0 Å². The first-order valence-corrected chi connectivity index (χ1v) is 8.66. The fraction of sp³-hybridized carbons (Fsp3) is 0.765. The van der Waals surface area contributed by atoms with E-state index in [2.05, 4.69) is 27.1 Å². The zero-order valence-electron chi connectivity index (χ0n) is 15.3. The number of ether oxygens (including phenoxy) is 2. The van der Waals surface area contributed by atoms with Gasteiger partial charge in [-0.1, -0.05) is 0 Å². The van der Waals surface area contributed by atoms with E-state index in [9.17, 15) is 0 Å². The molecule has 0 aliphatic carbocycles. The molecule has 1 fully saturated rings. The predicted molar refractivity (Wildman–Crippen MR) is 93.2 cm³/mol. The van der Waals surface area contributed by atoms with Crippen LogP contribution >= 0.6 is 0 Å². The molecule has 1 saturated heterocycles. The van der Waals surface area contributed by atoms with Crippen molar-refractivity contribution in [3.8, 4) is 0 Å². The van der Waals surface area contributed by atoms with E-state index in [1.807, 2.05) is 13.8 Å². The number of nitrogens with zero attached hydrogens (tertiary/aromatic N) is 3. The quantitative estimate of drug-likeness (QED) is 0.442. The first kappa shape index (κ1) is 18.7. The molecular formula is C17H30N4O3. The summed E-state index contributed by atoms with van der Waals surface area (Å²) in [6.45, 7) is 11.3. The van der Waals surface area contributed by atoms with Gasteiger partial charge in [-0.3, -0.25) is 0 Å². The zero-order valence-corrected chi connectivity index (χ0v) is 15.3. The SMILES string of the molecule is CCNC(=NCc1nc(C)c(C)o1)N1CCC(COCCOC)C1. The van der Waals surface area contributed by atoms with Gasteiger partial charge in [0.05, 0.1) is 25.5 Å². The van der Waals surface area contributed by atoms with Gasteiger partial charge in [0.15, 0.2) is 5.96 Å². The highest BCUT2D eigenvalue weighted by Gasteiger charge is 2.25. The number of methoxy groups -OCH3 is 1. The first-order valence-electron chi connectivity index (χ1n) is 8.66. The van der Waals surface area contributed by atoms with Crippen molar-refractivity contribution in [1.82, 2.24) is 15.2 Å². The second kappa shape index (κ2) is 9.64. The molecular weight excluding hydrogens is 308 g/mol. The largest absolute Gasteiger partial charge is 0.444 e. The Morgan fingerprint density at radius 3 is 2.92 bits per heavy atom. The lowest BCUT2D eigenvalue weighted by Gasteiger charge is -2.21. The summed E-state index contributed by atoms with van der Waals surface area (Å²) in [5, 5.41) is 3.36. The minimum Gasteiger partial charge on any atom is -0.444 e. The smallest absolute Gasteiger partial charge is 0.216 e. The molecule has 0 aromatic carbocycles. The van der Waals surface area contributed by atoms with Crippen molar-refractivity contribution >= 4 is 5.96 Å². The molecule has 0 spiro atoms. The van der Waals surface area contributed by atoms with Gasteiger partial charge in [-0.15, -0.1) is 0 Å². The number of oxazole rings is 1. The topological polar surface area (TPSA) is 72.1 Å². The fourth-order valence-electron chi connectivity index (χ4n) is 2.73. The lowest BCUT2D eigenvalue weighted by Crippen LogP contribution is -2.40. The summed E-state index contributed by atoms with van der Waals surface area (Å²) in [5.74, 6) is 2.99. The van der Waals surface area contributed by atoms with Gasteiger partial charge < -0.3 is 24.1 Å². The Hall–Kier alpha value is -1.60. The van der Waals surface area contributed by atoms with E-state index in [0.717, 1.165) is 50.1 Å². The van der Waals surface area contributed by atoms with E-state index in [-0.39, 0.29) is 0 Å². The maximum absolute atomic E-state index is 5.65. The van der Waals surface area contributed by atoms with Crippen LogP contribution in [0.3, 0.4) is 0 Å². The highest BCUT2D eigenvalue weighted by Crippen LogP contribution is 2.17. The Kier molecular flexibility index (Phi) is 7.52. The molecule has 7 heteroatoms. The Bertz CT molecular complexity index is 510. The van der Waals surface area contributed by atoms with E-state index in [1.54, 1.807) is 7.11 Å². The van der Waals surface area contributed by atoms with Crippen molar-refractivity contribution in [2.45, 2.75) is 33.7 Å². The molecule has 1 aliphatic rings. The summed E-state index contributed by atoms with van der Waals surface area (Å²) >= 11 is 0. The summed E-state index contributed by atoms with van der Waals surface area (Å²) in [6.07, 6.45) is 1.12. The molecule has 1 unspecified atom stereocenters. The number of rotatable bonds is 8. The summed E-state index contributed by atoms with van der Waals surface area (Å²) < 4.78 is 16.3. The van der Waals surface area contributed by atoms with Crippen LogP contribution in [-0.4, -0.2) is 62.4 Å². The van der Waals surface area contributed by atoms with Crippen molar-refractivity contribution in [3.05, 3.63) is 17.3 Å². The average molecular weight is 338 g/mol. The van der Waals surface area contributed by atoms with Gasteiger partial charge in [0, 0.05) is 32.7 Å². The molecule has 0 amide bonds. The van der Waals surface area contributed by atoms with E-state index >= 15 is 0 Å². The Balaban J connectivity index is 1.86. The van der Waals surface area contributed by atoms with Crippen LogP contribution in [0.2, 0.25) is 0 Å². The summed E-state index contributed by atoms with van der Waals surface area (Å²) in [6, 6.07) is 0. The molecule has 136 valence electrons. The van der Waals surface area contributed by atoms with Crippen molar-refractivity contribution in [2.75, 3.05) is 46.6 Å². The third kappa shape index (κ3) is 5.49. The number of guanidine groups is 1. The standard InChI is InChI=1S/C17H30N4O3/c1-5-18-17(19-10-16-20-13(2)14(3)24-16)21-7-6-15(11-21)12-23-9-8-22-4/h15H,5-12H2,1-4H3,(H,18,19). The monoisotopic (exact) mass is 338 g/mol. The molecule has 0 bridgehead atoms. The maximum atomic E-state index is 5.65. The van der Waals surface area contributed by atoms with Crippen LogP contribution in [0.5, 0.6) is 0 Å². The third-order valence-corrected chi connectivity index (χ3v) is 4.14. The highest BCUT2D eigenvalue weighted by molar-refractivity contribution is 5.80. The van der Waals surface area contributed by atoms with Crippen LogP contribution in [0, 0.1) is 19.8 Å². The molecule has 2 rings (SSSR count). The normalized spacial score (nSPS) is 18.4. The van der Waals surface area contributed by atoms with Crippen LogP contribution < -0.4 is 5.32 Å². The third-order valence-electron chi connectivity index (χ3n) is 4.14. The average Bonchev–Trinajstić information content (AvgIpc) is 3.15. The molecule has 7 nitrogen and oxygen atoms in total. The lowest BCUT2D eigenvalue weighted by atomic mass is 10.1. The molecule has 1 aromatic rings. The number of aliphatic imine (C=N–C) groups is 1. The van der Waals surface area contributed by atoms with Crippen LogP contribution in [-0.2, 0) is 16.0 Å². The summed E-state index contributed by atoms with van der Waals surface area (Å²) in [5.41, 5.74) is 0.930. The number of likely N-dealkylation sites (tertiary alicyclic amines) is 1. The second-order valence-electron chi connectivity index (χ2n) is 6.09. The zero-order chi connectivity index (χ0) is 17.4. The van der Waals surface area contributed by atoms with Gasteiger partial charge in [-0.05, 0) is 27.2 Å². The number of hydrogen-bond donors (Lipinski definition) is 1. The van der Waals surface area contributed by atoms with Gasteiger partial charge in [0.25, 0.3) is 0 Å². The van der Waals surface area contributed by atoms with Gasteiger partial charge in [0.2, 0.25) is 5.89 Å². The summed E-state index contributed by atoms with van der Waals surface area (Å²) in [7, 11) is 1.69. The van der Waals surface area contributed by atoms with Crippen LogP contribution in [0.4, 0.5) is 0 Å². The van der Waals surface area contributed by atoms with Gasteiger partial charge in [0.1, 0.15) is 12.3 Å². The maximum Gasteiger partial charge on any atom is 0.216 e. The van der Waals surface area contributed by atoms with Crippen molar-refractivity contribution in [1.29, 1.82) is 0 Å². The molecule has 1 aromatic heterocycles. The van der Waals surface area contributed by atoms with Gasteiger partial charge in [-0.2, -0.15) is 0 Å². The van der Waals surface area contributed by atoms with Crippen molar-refractivity contribution in [3.63, 3.8) is 0 Å². The molecule has 2 heterocycles. The lowest BCUT2D eigenvalue weighted by molar-refractivity contribution is 0.0536. The molecule has 0 saturated carbocycles. The molecule has 24 heavy (non-hydrogen) atoms. The van der Waals surface area contributed by atoms with E-state index in [4.69, 9.17) is 13.9 Å². The minimum atomic E-state index is 0.461. The molecule has 1 aliphatic heterocycles. The van der Waals surface area contributed by atoms with Gasteiger partial charge in [-0.25, -0.2) is 9.98 Å². The number of aromatic nitrogens is 1. The predicted octanol–water partition coefficient (Wildman–Crippen LogP) is 1.74. The van der Waals surface area contributed by atoms with Crippen molar-refractivity contribution in [2.24, 2.45) is 10.9 Å². The van der Waals surface area contributed by atoms with Gasteiger partial charge >= 0.3 is 0 Å². The minimum absolute atomic E-state index is 0.461. The first-order chi connectivity index (χ1) is 11.6. The number of hydrogen-bond acceptors (Lipinski definition) is 5. The number of aryl methyl sites for hydroxylation is 2. The molecule has 0 radical (unpaired) electrons. The Morgan fingerprint density at radius 1 is 1.42 bits per heavy atom. The number of nitrogens with one attached hydrogen (secondary N) is 1. The molecule has 1 atom stereocenters. The molecule has 1 N–H and O–H groups in total.